The molecule has 0 aliphatic carbocycles. The van der Waals surface area contributed by atoms with Crippen molar-refractivity contribution in [1.29, 1.82) is 0 Å². The van der Waals surface area contributed by atoms with Crippen LogP contribution in [0, 0.1) is 0 Å². The topological polar surface area (TPSA) is 71.9 Å². The fraction of sp³-hybridized carbons (Fsp3) is 0.733. The predicted molar refractivity (Wildman–Crippen MR) is 84.4 cm³/mol. The van der Waals surface area contributed by atoms with Gasteiger partial charge < -0.3 is 14.6 Å². The summed E-state index contributed by atoms with van der Waals surface area (Å²) in [5, 5.41) is 10.4. The van der Waals surface area contributed by atoms with Crippen LogP contribution in [0.5, 0.6) is 0 Å². The SMILES string of the molecule is COC[C@H]1CC[C@@H]2[C@@H](CCN2Cc2nccs2)O1.O=C(O)C(F)(F)F. The van der Waals surface area contributed by atoms with Crippen LogP contribution in [-0.2, 0) is 20.8 Å². The molecule has 3 rings (SSSR count). The maximum atomic E-state index is 10.6. The number of halogens is 3. The van der Waals surface area contributed by atoms with Gasteiger partial charge in [-0.15, -0.1) is 11.3 Å². The van der Waals surface area contributed by atoms with E-state index < -0.39 is 12.1 Å². The molecular weight excluding hydrogens is 361 g/mol. The van der Waals surface area contributed by atoms with Crippen LogP contribution in [0.2, 0.25) is 0 Å². The van der Waals surface area contributed by atoms with E-state index >= 15 is 0 Å². The largest absolute Gasteiger partial charge is 0.490 e. The zero-order valence-electron chi connectivity index (χ0n) is 13.7. The first kappa shape index (κ1) is 20.1. The van der Waals surface area contributed by atoms with Crippen molar-refractivity contribution in [2.75, 3.05) is 20.3 Å². The lowest BCUT2D eigenvalue weighted by atomic mass is 9.99. The number of hydrogen-bond donors (Lipinski definition) is 1. The Morgan fingerprint density at radius 1 is 1.48 bits per heavy atom. The molecule has 0 amide bonds. The summed E-state index contributed by atoms with van der Waals surface area (Å²) in [7, 11) is 1.75. The van der Waals surface area contributed by atoms with Crippen LogP contribution < -0.4 is 0 Å². The third-order valence-electron chi connectivity index (χ3n) is 4.17. The number of aromatic nitrogens is 1. The van der Waals surface area contributed by atoms with E-state index in [1.54, 1.807) is 18.4 Å². The van der Waals surface area contributed by atoms with Gasteiger partial charge in [0.05, 0.1) is 25.4 Å². The van der Waals surface area contributed by atoms with Crippen molar-refractivity contribution < 1.29 is 32.5 Å². The van der Waals surface area contributed by atoms with Crippen molar-refractivity contribution in [3.63, 3.8) is 0 Å². The number of alkyl halides is 3. The fourth-order valence-corrected chi connectivity index (χ4v) is 3.74. The molecule has 25 heavy (non-hydrogen) atoms. The summed E-state index contributed by atoms with van der Waals surface area (Å²) < 4.78 is 43.0. The second kappa shape index (κ2) is 8.93. The summed E-state index contributed by atoms with van der Waals surface area (Å²) in [6.07, 6.45) is 0.999. The highest BCUT2D eigenvalue weighted by molar-refractivity contribution is 7.09. The van der Waals surface area contributed by atoms with E-state index in [0.717, 1.165) is 32.5 Å². The Labute approximate surface area is 147 Å². The molecule has 1 aromatic heterocycles. The number of aliphatic carboxylic acids is 1. The normalized spacial score (nSPS) is 26.6. The first-order valence-corrected chi connectivity index (χ1v) is 8.76. The molecule has 3 atom stereocenters. The maximum Gasteiger partial charge on any atom is 0.490 e. The van der Waals surface area contributed by atoms with Gasteiger partial charge in [0.25, 0.3) is 0 Å². The van der Waals surface area contributed by atoms with Gasteiger partial charge in [0.1, 0.15) is 5.01 Å². The molecule has 3 heterocycles. The zero-order chi connectivity index (χ0) is 18.4. The molecular formula is C15H21F3N2O4S. The molecule has 0 bridgehead atoms. The molecule has 2 saturated heterocycles. The second-order valence-electron chi connectivity index (χ2n) is 5.88. The molecule has 1 N–H and O–H groups in total. The van der Waals surface area contributed by atoms with Gasteiger partial charge in [-0.3, -0.25) is 4.90 Å². The van der Waals surface area contributed by atoms with Crippen LogP contribution in [0.15, 0.2) is 11.6 Å². The first-order chi connectivity index (χ1) is 11.8. The van der Waals surface area contributed by atoms with E-state index in [0.29, 0.717) is 18.2 Å². The molecule has 0 aromatic carbocycles. The van der Waals surface area contributed by atoms with Crippen LogP contribution in [-0.4, -0.2) is 65.6 Å². The number of likely N-dealkylation sites (tertiary alicyclic amines) is 1. The van der Waals surface area contributed by atoms with Crippen LogP contribution in [0.4, 0.5) is 13.2 Å². The molecule has 2 fully saturated rings. The maximum absolute atomic E-state index is 10.6. The third kappa shape index (κ3) is 5.91. The fourth-order valence-electron chi connectivity index (χ4n) is 3.10. The van der Waals surface area contributed by atoms with E-state index in [1.807, 2.05) is 6.20 Å². The van der Waals surface area contributed by atoms with Crippen molar-refractivity contribution in [2.45, 2.75) is 50.2 Å². The first-order valence-electron chi connectivity index (χ1n) is 7.88. The lowest BCUT2D eigenvalue weighted by Crippen LogP contribution is -2.43. The Balaban J connectivity index is 0.000000277. The monoisotopic (exact) mass is 382 g/mol. The van der Waals surface area contributed by atoms with Gasteiger partial charge in [-0.25, -0.2) is 9.78 Å². The number of thiazole rings is 1. The number of ether oxygens (including phenoxy) is 2. The van der Waals surface area contributed by atoms with E-state index in [-0.39, 0.29) is 0 Å². The quantitative estimate of drug-likeness (QED) is 0.863. The number of fused-ring (bicyclic) bond motifs is 1. The van der Waals surface area contributed by atoms with Gasteiger partial charge in [0.2, 0.25) is 0 Å². The molecule has 6 nitrogen and oxygen atoms in total. The highest BCUT2D eigenvalue weighted by atomic mass is 32.1. The number of methoxy groups -OCH3 is 1. The summed E-state index contributed by atoms with van der Waals surface area (Å²) in [6, 6.07) is 0.585. The molecule has 0 radical (unpaired) electrons. The predicted octanol–water partition coefficient (Wildman–Crippen LogP) is 2.54. The minimum atomic E-state index is -5.08. The van der Waals surface area contributed by atoms with Crippen LogP contribution in [0.1, 0.15) is 24.3 Å². The van der Waals surface area contributed by atoms with E-state index in [1.165, 1.54) is 11.4 Å². The third-order valence-corrected chi connectivity index (χ3v) is 4.93. The van der Waals surface area contributed by atoms with Gasteiger partial charge in [-0.2, -0.15) is 13.2 Å². The summed E-state index contributed by atoms with van der Waals surface area (Å²) in [6.45, 7) is 2.85. The van der Waals surface area contributed by atoms with Crippen LogP contribution in [0.3, 0.4) is 0 Å². The van der Waals surface area contributed by atoms with Crippen molar-refractivity contribution in [1.82, 2.24) is 9.88 Å². The van der Waals surface area contributed by atoms with Crippen LogP contribution >= 0.6 is 11.3 Å². The standard InChI is InChI=1S/C13H20N2O2S.C2HF3O2/c1-16-9-10-2-3-11-12(17-10)4-6-15(11)8-13-14-5-7-18-13;3-2(4,5)1(6)7/h5,7,10-12H,2-4,6,8-9H2,1H3;(H,6,7)/t10-,11-,12-;/m1./s1. The van der Waals surface area contributed by atoms with Gasteiger partial charge in [0.15, 0.2) is 0 Å². The Kier molecular flexibility index (Phi) is 7.17. The number of nitrogens with zero attached hydrogens (tertiary/aromatic N) is 2. The molecule has 2 aliphatic heterocycles. The Bertz CT molecular complexity index is 541. The van der Waals surface area contributed by atoms with Gasteiger partial charge in [-0.1, -0.05) is 0 Å². The van der Waals surface area contributed by atoms with Gasteiger partial charge >= 0.3 is 12.1 Å². The number of carbonyl (C=O) groups is 1. The lowest BCUT2D eigenvalue weighted by molar-refractivity contribution is -0.192. The average molecular weight is 382 g/mol. The minimum absolute atomic E-state index is 0.302. The van der Waals surface area contributed by atoms with Gasteiger partial charge in [0, 0.05) is 31.3 Å². The molecule has 10 heteroatoms. The molecule has 0 saturated carbocycles. The zero-order valence-corrected chi connectivity index (χ0v) is 14.6. The number of hydrogen-bond acceptors (Lipinski definition) is 6. The molecule has 0 unspecified atom stereocenters. The highest BCUT2D eigenvalue weighted by Gasteiger charge is 2.40. The smallest absolute Gasteiger partial charge is 0.475 e. The second-order valence-corrected chi connectivity index (χ2v) is 6.86. The van der Waals surface area contributed by atoms with Crippen LogP contribution in [0.25, 0.3) is 0 Å². The summed E-state index contributed by atoms with van der Waals surface area (Å²) in [5.74, 6) is -2.76. The number of carboxylic acid groups (broad SMARTS) is 1. The molecule has 2 aliphatic rings. The van der Waals surface area contributed by atoms with Crippen molar-refractivity contribution in [3.8, 4) is 0 Å². The van der Waals surface area contributed by atoms with Crippen molar-refractivity contribution in [3.05, 3.63) is 16.6 Å². The average Bonchev–Trinajstić information content (AvgIpc) is 3.18. The Morgan fingerprint density at radius 2 is 2.20 bits per heavy atom. The number of carboxylic acids is 1. The van der Waals surface area contributed by atoms with Gasteiger partial charge in [-0.05, 0) is 19.3 Å². The Hall–Kier alpha value is -1.23. The minimum Gasteiger partial charge on any atom is -0.475 e. The summed E-state index contributed by atoms with van der Waals surface area (Å²) in [4.78, 5) is 15.8. The summed E-state index contributed by atoms with van der Waals surface area (Å²) >= 11 is 1.74. The van der Waals surface area contributed by atoms with E-state index in [4.69, 9.17) is 19.4 Å². The molecule has 1 aromatic rings. The van der Waals surface area contributed by atoms with E-state index in [9.17, 15) is 13.2 Å². The van der Waals surface area contributed by atoms with E-state index in [2.05, 4.69) is 15.3 Å². The van der Waals surface area contributed by atoms with Crippen molar-refractivity contribution in [2.24, 2.45) is 0 Å². The summed E-state index contributed by atoms with van der Waals surface area (Å²) in [5.41, 5.74) is 0. The molecule has 0 spiro atoms. The highest BCUT2D eigenvalue weighted by Crippen LogP contribution is 2.32. The van der Waals surface area contributed by atoms with Crippen molar-refractivity contribution >= 4 is 17.3 Å². The Morgan fingerprint density at radius 3 is 2.76 bits per heavy atom. The lowest BCUT2D eigenvalue weighted by Gasteiger charge is -2.35. The number of rotatable bonds is 4. The molecule has 142 valence electrons.